The van der Waals surface area contributed by atoms with Gasteiger partial charge in [0.1, 0.15) is 6.29 Å². The van der Waals surface area contributed by atoms with Crippen LogP contribution in [0.3, 0.4) is 0 Å². The van der Waals surface area contributed by atoms with Crippen molar-refractivity contribution in [3.8, 4) is 0 Å². The lowest BCUT2D eigenvalue weighted by Gasteiger charge is -2.31. The fraction of sp³-hybridized carbons (Fsp3) is 0.900. The van der Waals surface area contributed by atoms with Crippen molar-refractivity contribution in [1.29, 1.82) is 0 Å². The van der Waals surface area contributed by atoms with Crippen molar-refractivity contribution in [2.75, 3.05) is 13.1 Å². The molecule has 1 heterocycles. The van der Waals surface area contributed by atoms with E-state index in [2.05, 4.69) is 18.7 Å². The lowest BCUT2D eigenvalue weighted by atomic mass is 9.93. The maximum Gasteiger partial charge on any atom is 0.139 e. The Morgan fingerprint density at radius 3 is 2.33 bits per heavy atom. The first-order valence-electron chi connectivity index (χ1n) is 4.59. The SMILES string of the molecule is CC1(C)CCN(C(C)(C)C=O)C1. The van der Waals surface area contributed by atoms with Gasteiger partial charge in [0.2, 0.25) is 0 Å². The number of hydrogen-bond acceptors (Lipinski definition) is 2. The predicted octanol–water partition coefficient (Wildman–Crippen LogP) is 1.70. The van der Waals surface area contributed by atoms with Crippen LogP contribution < -0.4 is 0 Å². The van der Waals surface area contributed by atoms with Gasteiger partial charge in [0.15, 0.2) is 0 Å². The van der Waals surface area contributed by atoms with Gasteiger partial charge in [-0.3, -0.25) is 4.90 Å². The summed E-state index contributed by atoms with van der Waals surface area (Å²) in [5.74, 6) is 0. The van der Waals surface area contributed by atoms with E-state index < -0.39 is 0 Å². The molecule has 0 radical (unpaired) electrons. The minimum absolute atomic E-state index is 0.270. The molecule has 0 spiro atoms. The van der Waals surface area contributed by atoms with Gasteiger partial charge in [-0.05, 0) is 32.2 Å². The number of nitrogens with zero attached hydrogens (tertiary/aromatic N) is 1. The molecule has 0 N–H and O–H groups in total. The van der Waals surface area contributed by atoms with Crippen LogP contribution in [-0.2, 0) is 4.79 Å². The molecule has 0 bridgehead atoms. The Morgan fingerprint density at radius 2 is 2.00 bits per heavy atom. The van der Waals surface area contributed by atoms with Gasteiger partial charge in [-0.15, -0.1) is 0 Å². The molecule has 0 aliphatic carbocycles. The highest BCUT2D eigenvalue weighted by atomic mass is 16.1. The second-order valence-corrected chi connectivity index (χ2v) is 5.11. The Bertz CT molecular complexity index is 184. The molecule has 2 heteroatoms. The molecule has 70 valence electrons. The van der Waals surface area contributed by atoms with E-state index in [1.54, 1.807) is 0 Å². The van der Waals surface area contributed by atoms with Crippen LogP contribution in [0.25, 0.3) is 0 Å². The summed E-state index contributed by atoms with van der Waals surface area (Å²) in [6.07, 6.45) is 2.25. The molecule has 0 amide bonds. The van der Waals surface area contributed by atoms with E-state index in [1.807, 2.05) is 13.8 Å². The summed E-state index contributed by atoms with van der Waals surface area (Å²) >= 11 is 0. The molecule has 2 nitrogen and oxygen atoms in total. The summed E-state index contributed by atoms with van der Waals surface area (Å²) in [5.41, 5.74) is 0.119. The lowest BCUT2D eigenvalue weighted by Crippen LogP contribution is -2.44. The maximum atomic E-state index is 10.8. The van der Waals surface area contributed by atoms with E-state index in [-0.39, 0.29) is 5.54 Å². The Hall–Kier alpha value is -0.370. The topological polar surface area (TPSA) is 20.3 Å². The van der Waals surface area contributed by atoms with E-state index >= 15 is 0 Å². The first-order valence-corrected chi connectivity index (χ1v) is 4.59. The molecular weight excluding hydrogens is 150 g/mol. The second kappa shape index (κ2) is 2.84. The number of carbonyl (C=O) groups is 1. The number of likely N-dealkylation sites (tertiary alicyclic amines) is 1. The van der Waals surface area contributed by atoms with Gasteiger partial charge in [0.05, 0.1) is 5.54 Å². The maximum absolute atomic E-state index is 10.8. The van der Waals surface area contributed by atoms with Gasteiger partial charge >= 0.3 is 0 Å². The first-order chi connectivity index (χ1) is 5.37. The monoisotopic (exact) mass is 169 g/mol. The van der Waals surface area contributed by atoms with Crippen molar-refractivity contribution in [2.24, 2.45) is 5.41 Å². The molecule has 0 aromatic rings. The third-order valence-electron chi connectivity index (χ3n) is 2.78. The number of rotatable bonds is 2. The molecule has 0 unspecified atom stereocenters. The zero-order valence-electron chi connectivity index (χ0n) is 8.55. The zero-order chi connectivity index (χ0) is 9.41. The van der Waals surface area contributed by atoms with Gasteiger partial charge in [0.25, 0.3) is 0 Å². The summed E-state index contributed by atoms with van der Waals surface area (Å²) in [4.78, 5) is 13.0. The van der Waals surface area contributed by atoms with Gasteiger partial charge < -0.3 is 4.79 Å². The molecular formula is C10H19NO. The van der Waals surface area contributed by atoms with E-state index in [0.717, 1.165) is 19.4 Å². The largest absolute Gasteiger partial charge is 0.301 e. The molecule has 0 atom stereocenters. The molecule has 0 aromatic heterocycles. The van der Waals surface area contributed by atoms with Gasteiger partial charge in [-0.1, -0.05) is 13.8 Å². The average molecular weight is 169 g/mol. The highest BCUT2D eigenvalue weighted by molar-refractivity contribution is 5.62. The van der Waals surface area contributed by atoms with Crippen molar-refractivity contribution in [3.05, 3.63) is 0 Å². The Labute approximate surface area is 74.9 Å². The van der Waals surface area contributed by atoms with Crippen LogP contribution in [0.15, 0.2) is 0 Å². The van der Waals surface area contributed by atoms with Crippen molar-refractivity contribution in [1.82, 2.24) is 4.90 Å². The number of aldehydes is 1. The first kappa shape index (κ1) is 9.72. The molecule has 1 aliphatic heterocycles. The van der Waals surface area contributed by atoms with Crippen LogP contribution in [0.4, 0.5) is 0 Å². The summed E-state index contributed by atoms with van der Waals surface area (Å²) in [6.45, 7) is 10.6. The molecule has 12 heavy (non-hydrogen) atoms. The summed E-state index contributed by atoms with van der Waals surface area (Å²) in [6, 6.07) is 0. The van der Waals surface area contributed by atoms with Crippen molar-refractivity contribution >= 4 is 6.29 Å². The summed E-state index contributed by atoms with van der Waals surface area (Å²) in [5, 5.41) is 0. The van der Waals surface area contributed by atoms with Crippen LogP contribution in [0.1, 0.15) is 34.1 Å². The van der Waals surface area contributed by atoms with Crippen molar-refractivity contribution in [2.45, 2.75) is 39.7 Å². The Morgan fingerprint density at radius 1 is 1.42 bits per heavy atom. The lowest BCUT2D eigenvalue weighted by molar-refractivity contribution is -0.116. The van der Waals surface area contributed by atoms with Gasteiger partial charge in [-0.25, -0.2) is 0 Å². The van der Waals surface area contributed by atoms with E-state index in [4.69, 9.17) is 0 Å². The summed E-state index contributed by atoms with van der Waals surface area (Å²) < 4.78 is 0. The quantitative estimate of drug-likeness (QED) is 0.586. The van der Waals surface area contributed by atoms with Crippen molar-refractivity contribution in [3.63, 3.8) is 0 Å². The van der Waals surface area contributed by atoms with Crippen LogP contribution in [0.5, 0.6) is 0 Å². The second-order valence-electron chi connectivity index (χ2n) is 5.11. The van der Waals surface area contributed by atoms with E-state index in [1.165, 1.54) is 6.42 Å². The molecule has 1 fully saturated rings. The fourth-order valence-corrected chi connectivity index (χ4v) is 1.68. The number of carbonyl (C=O) groups excluding carboxylic acids is 1. The van der Waals surface area contributed by atoms with Crippen LogP contribution in [-0.4, -0.2) is 29.8 Å². The molecule has 0 aromatic carbocycles. The van der Waals surface area contributed by atoms with E-state index in [0.29, 0.717) is 5.41 Å². The number of hydrogen-bond donors (Lipinski definition) is 0. The minimum atomic E-state index is -0.270. The Balaban J connectivity index is 2.63. The van der Waals surface area contributed by atoms with Crippen LogP contribution in [0, 0.1) is 5.41 Å². The minimum Gasteiger partial charge on any atom is -0.301 e. The van der Waals surface area contributed by atoms with E-state index in [9.17, 15) is 4.79 Å². The highest BCUT2D eigenvalue weighted by Crippen LogP contribution is 2.32. The standard InChI is InChI=1S/C10H19NO/c1-9(2)5-6-11(7-9)10(3,4)8-12/h8H,5-7H2,1-4H3. The molecule has 0 saturated carbocycles. The molecule has 1 aliphatic rings. The van der Waals surface area contributed by atoms with Crippen LogP contribution in [0.2, 0.25) is 0 Å². The van der Waals surface area contributed by atoms with Crippen LogP contribution >= 0.6 is 0 Å². The Kier molecular flexibility index (Phi) is 2.30. The zero-order valence-corrected chi connectivity index (χ0v) is 8.55. The highest BCUT2D eigenvalue weighted by Gasteiger charge is 2.36. The fourth-order valence-electron chi connectivity index (χ4n) is 1.68. The molecule has 1 saturated heterocycles. The third-order valence-corrected chi connectivity index (χ3v) is 2.78. The van der Waals surface area contributed by atoms with Crippen molar-refractivity contribution < 1.29 is 4.79 Å². The normalized spacial score (nSPS) is 24.3. The van der Waals surface area contributed by atoms with Gasteiger partial charge in [-0.2, -0.15) is 0 Å². The van der Waals surface area contributed by atoms with Gasteiger partial charge in [0, 0.05) is 6.54 Å². The average Bonchev–Trinajstić information content (AvgIpc) is 2.31. The predicted molar refractivity (Wildman–Crippen MR) is 50.1 cm³/mol. The molecule has 1 rings (SSSR count). The third kappa shape index (κ3) is 1.86. The smallest absolute Gasteiger partial charge is 0.139 e. The summed E-state index contributed by atoms with van der Waals surface area (Å²) in [7, 11) is 0.